The Balaban J connectivity index is 1.59. The van der Waals surface area contributed by atoms with Crippen molar-refractivity contribution in [1.29, 1.82) is 0 Å². The van der Waals surface area contributed by atoms with Crippen LogP contribution in [0.4, 0.5) is 0 Å². The van der Waals surface area contributed by atoms with Gasteiger partial charge in [-0.1, -0.05) is 64.8 Å². The number of aliphatic hydroxyl groups is 2. The predicted molar refractivity (Wildman–Crippen MR) is 134 cm³/mol. The monoisotopic (exact) mass is 442 g/mol. The molecule has 2 heteroatoms. The molecule has 182 valence electrons. The molecule has 2 N–H and O–H groups in total. The maximum absolute atomic E-state index is 10.8. The highest BCUT2D eigenvalue weighted by Gasteiger charge is 2.65. The molecule has 0 aromatic carbocycles. The fourth-order valence-corrected chi connectivity index (χ4v) is 9.51. The summed E-state index contributed by atoms with van der Waals surface area (Å²) in [5.74, 6) is 2.83. The van der Waals surface area contributed by atoms with E-state index in [4.69, 9.17) is 0 Å². The molecule has 0 aromatic heterocycles. The second-order valence-corrected chi connectivity index (χ2v) is 13.6. The van der Waals surface area contributed by atoms with Crippen molar-refractivity contribution in [2.45, 2.75) is 112 Å². The van der Waals surface area contributed by atoms with Crippen molar-refractivity contribution in [1.82, 2.24) is 0 Å². The van der Waals surface area contributed by atoms with E-state index in [0.717, 1.165) is 36.7 Å². The van der Waals surface area contributed by atoms with Crippen LogP contribution >= 0.6 is 0 Å². The van der Waals surface area contributed by atoms with Crippen LogP contribution in [0.5, 0.6) is 0 Å². The summed E-state index contributed by atoms with van der Waals surface area (Å²) in [6.45, 7) is 17.2. The summed E-state index contributed by atoms with van der Waals surface area (Å²) < 4.78 is 0. The molecule has 0 heterocycles. The molecule has 0 spiro atoms. The molecule has 4 rings (SSSR count). The van der Waals surface area contributed by atoms with Crippen LogP contribution in [0.2, 0.25) is 0 Å². The predicted octanol–water partition coefficient (Wildman–Crippen LogP) is 7.31. The van der Waals surface area contributed by atoms with Crippen molar-refractivity contribution in [3.63, 3.8) is 0 Å². The van der Waals surface area contributed by atoms with Crippen LogP contribution in [0.1, 0.15) is 106 Å². The molecule has 2 nitrogen and oxygen atoms in total. The van der Waals surface area contributed by atoms with Gasteiger partial charge in [0.05, 0.1) is 12.7 Å². The molecule has 32 heavy (non-hydrogen) atoms. The Hall–Kier alpha value is -0.600. The van der Waals surface area contributed by atoms with E-state index in [1.807, 2.05) is 12.5 Å². The largest absolute Gasteiger partial charge is 0.393 e. The van der Waals surface area contributed by atoms with Gasteiger partial charge >= 0.3 is 0 Å². The topological polar surface area (TPSA) is 40.5 Å². The van der Waals surface area contributed by atoms with Gasteiger partial charge in [-0.15, -0.1) is 0 Å². The fourth-order valence-electron chi connectivity index (χ4n) is 9.51. The second-order valence-electron chi connectivity index (χ2n) is 13.6. The van der Waals surface area contributed by atoms with Crippen LogP contribution in [0.3, 0.4) is 0 Å². The molecule has 0 bridgehead atoms. The lowest BCUT2D eigenvalue weighted by Gasteiger charge is -2.64. The van der Waals surface area contributed by atoms with Crippen LogP contribution in [-0.2, 0) is 0 Å². The first-order valence-corrected chi connectivity index (χ1v) is 13.6. The molecule has 4 aliphatic rings. The third-order valence-electron chi connectivity index (χ3n) is 11.9. The third-order valence-corrected chi connectivity index (χ3v) is 11.9. The normalized spacial score (nSPS) is 46.7. The zero-order valence-corrected chi connectivity index (χ0v) is 22.0. The van der Waals surface area contributed by atoms with Crippen LogP contribution in [-0.4, -0.2) is 22.9 Å². The molecule has 3 fully saturated rings. The average Bonchev–Trinajstić information content (AvgIpc) is 3.02. The molecular formula is C30H50O2. The Morgan fingerprint density at radius 1 is 1.09 bits per heavy atom. The van der Waals surface area contributed by atoms with E-state index < -0.39 is 0 Å². The van der Waals surface area contributed by atoms with Gasteiger partial charge in [0, 0.05) is 0 Å². The second kappa shape index (κ2) is 8.26. The lowest BCUT2D eigenvalue weighted by atomic mass is 9.41. The van der Waals surface area contributed by atoms with E-state index in [0.29, 0.717) is 28.1 Å². The van der Waals surface area contributed by atoms with E-state index >= 15 is 0 Å². The third kappa shape index (κ3) is 3.41. The number of hydrogen-bond donors (Lipinski definition) is 2. The van der Waals surface area contributed by atoms with Crippen LogP contribution in [0, 0.1) is 45.3 Å². The van der Waals surface area contributed by atoms with Crippen molar-refractivity contribution in [2.24, 2.45) is 45.3 Å². The maximum atomic E-state index is 10.8. The average molecular weight is 443 g/mol. The Morgan fingerprint density at radius 2 is 1.81 bits per heavy atom. The van der Waals surface area contributed by atoms with Crippen LogP contribution in [0.25, 0.3) is 0 Å². The zero-order valence-electron chi connectivity index (χ0n) is 22.0. The molecule has 0 radical (unpaired) electrons. The fraction of sp³-hybridized carbons (Fsp3) is 0.867. The highest BCUT2D eigenvalue weighted by atomic mass is 16.3. The summed E-state index contributed by atoms with van der Waals surface area (Å²) in [4.78, 5) is 0. The molecule has 4 aliphatic carbocycles. The first-order chi connectivity index (χ1) is 14.9. The Labute approximate surface area is 198 Å². The van der Waals surface area contributed by atoms with Gasteiger partial charge < -0.3 is 10.2 Å². The molecule has 8 atom stereocenters. The first kappa shape index (κ1) is 24.5. The molecule has 0 saturated heterocycles. The Bertz CT molecular complexity index is 778. The van der Waals surface area contributed by atoms with E-state index in [1.165, 1.54) is 38.5 Å². The summed E-state index contributed by atoms with van der Waals surface area (Å²) >= 11 is 0. The van der Waals surface area contributed by atoms with Gasteiger partial charge in [0.25, 0.3) is 0 Å². The minimum atomic E-state index is -0.153. The van der Waals surface area contributed by atoms with E-state index in [1.54, 1.807) is 0 Å². The zero-order chi connectivity index (χ0) is 23.5. The van der Waals surface area contributed by atoms with Crippen molar-refractivity contribution in [2.75, 3.05) is 6.61 Å². The number of fused-ring (bicyclic) bond motifs is 5. The van der Waals surface area contributed by atoms with Gasteiger partial charge in [0.2, 0.25) is 0 Å². The SMILES string of the molecule is C/C(=C/CC[C@@H](C)[C@@H]1CC[C@]2(C)C3=CC[C@@H]4C(C)(C)[C@@H](O)CC[C@]4(C)[C@H]3CC[C@@]12C)CO. The number of rotatable bonds is 5. The van der Waals surface area contributed by atoms with Crippen LogP contribution < -0.4 is 0 Å². The Morgan fingerprint density at radius 3 is 2.50 bits per heavy atom. The van der Waals surface area contributed by atoms with Gasteiger partial charge in [-0.3, -0.25) is 0 Å². The minimum Gasteiger partial charge on any atom is -0.393 e. The van der Waals surface area contributed by atoms with Gasteiger partial charge in [-0.2, -0.15) is 0 Å². The van der Waals surface area contributed by atoms with E-state index in [2.05, 4.69) is 53.7 Å². The van der Waals surface area contributed by atoms with Gasteiger partial charge in [0.15, 0.2) is 0 Å². The highest BCUT2D eigenvalue weighted by Crippen LogP contribution is 2.73. The van der Waals surface area contributed by atoms with Gasteiger partial charge in [0.1, 0.15) is 0 Å². The van der Waals surface area contributed by atoms with Crippen molar-refractivity contribution >= 4 is 0 Å². The lowest BCUT2D eigenvalue weighted by molar-refractivity contribution is -0.131. The maximum Gasteiger partial charge on any atom is 0.0639 e. The lowest BCUT2D eigenvalue weighted by Crippen LogP contribution is -2.58. The smallest absolute Gasteiger partial charge is 0.0639 e. The summed E-state index contributed by atoms with van der Waals surface area (Å²) in [6.07, 6.45) is 15.8. The summed E-state index contributed by atoms with van der Waals surface area (Å²) in [5, 5.41) is 20.1. The molecule has 0 aromatic rings. The first-order valence-electron chi connectivity index (χ1n) is 13.6. The molecular weight excluding hydrogens is 392 g/mol. The highest BCUT2D eigenvalue weighted by molar-refractivity contribution is 5.33. The van der Waals surface area contributed by atoms with Gasteiger partial charge in [-0.05, 0) is 110 Å². The summed E-state index contributed by atoms with van der Waals surface area (Å²) in [6, 6.07) is 0. The van der Waals surface area contributed by atoms with E-state index in [-0.39, 0.29) is 18.1 Å². The number of hydrogen-bond acceptors (Lipinski definition) is 2. The van der Waals surface area contributed by atoms with Crippen LogP contribution in [0.15, 0.2) is 23.3 Å². The van der Waals surface area contributed by atoms with Crippen molar-refractivity contribution in [3.05, 3.63) is 23.3 Å². The van der Waals surface area contributed by atoms with Gasteiger partial charge in [-0.25, -0.2) is 0 Å². The minimum absolute atomic E-state index is 0.0175. The molecule has 0 amide bonds. The van der Waals surface area contributed by atoms with Crippen molar-refractivity contribution < 1.29 is 10.2 Å². The van der Waals surface area contributed by atoms with E-state index in [9.17, 15) is 10.2 Å². The summed E-state index contributed by atoms with van der Waals surface area (Å²) in [5.41, 5.74) is 4.01. The number of aliphatic hydroxyl groups excluding tert-OH is 2. The Kier molecular flexibility index (Phi) is 6.33. The quantitative estimate of drug-likeness (QED) is 0.438. The standard InChI is InChI=1S/C30H50O2/c1-20(19-31)9-8-10-21(2)22-13-17-30(7)24-11-12-25-27(3,4)26(32)15-16-28(25,5)23(24)14-18-29(22,30)6/h9,11,21-23,25-26,31-32H,8,10,12-19H2,1-7H3/b20-9-/t21-,22+,23+,25-,26+,28-,29+,30-/m1/s1. The molecule has 0 aliphatic heterocycles. The van der Waals surface area contributed by atoms with Crippen molar-refractivity contribution in [3.8, 4) is 0 Å². The number of allylic oxidation sites excluding steroid dienone is 3. The molecule has 3 saturated carbocycles. The summed E-state index contributed by atoms with van der Waals surface area (Å²) in [7, 11) is 0. The molecule has 0 unspecified atom stereocenters.